The Hall–Kier alpha value is -2.31. The standard InChI is InChI=1S/C79H145NO13/c1-3-5-7-9-11-13-15-17-19-21-23-25-27-29-31-33-35-36-38-40-42-44-46-48-50-52-54-56-58-60-62-68(83)67(66-90-78-76(89)74(87)77(70(65-82)92-78)93-79-75(88)73(86)72(85)69(64-81)91-79)80-71(84)63-61-59-57-55-53-51-49-47-45-43-41-39-37-34-32-30-28-26-24-22-20-18-16-14-12-10-8-6-4-2/h16,18,22,24,28,30,52,54,60,62,67-70,72-79,81-83,85-89H,3-15,17,19-21,23,25-27,29,31-51,53,55-59,61,63-66H2,1-2H3,(H,80,84)/b18-16-,24-22-,30-28-,54-52+,62-60+. The molecule has 0 bridgehead atoms. The van der Waals surface area contributed by atoms with E-state index in [9.17, 15) is 45.6 Å². The van der Waals surface area contributed by atoms with E-state index in [2.05, 4.69) is 67.8 Å². The summed E-state index contributed by atoms with van der Waals surface area (Å²) in [7, 11) is 0. The SMILES string of the molecule is CCCCCCC/C=C\C/C=C\C/C=C\CCCCCCCCCCCCCCCCC(=O)NC(COC1OC(CO)C(OC2OC(CO)C(O)C(O)C2O)C(O)C1O)C(O)/C=C/CC/C=C/CCCCCCCCCCCCCCCCCCCCCCCCCC. The second-order valence-corrected chi connectivity index (χ2v) is 27.5. The van der Waals surface area contributed by atoms with Gasteiger partial charge in [0.1, 0.15) is 48.8 Å². The molecule has 93 heavy (non-hydrogen) atoms. The average Bonchev–Trinajstić information content (AvgIpc) is 0.854. The van der Waals surface area contributed by atoms with Gasteiger partial charge in [-0.15, -0.1) is 0 Å². The van der Waals surface area contributed by atoms with Crippen molar-refractivity contribution < 1.29 is 64.6 Å². The molecule has 2 aliphatic rings. The topological polar surface area (TPSA) is 228 Å². The number of amides is 1. The van der Waals surface area contributed by atoms with Gasteiger partial charge in [-0.25, -0.2) is 0 Å². The summed E-state index contributed by atoms with van der Waals surface area (Å²) in [5.41, 5.74) is 0. The molecule has 0 aromatic rings. The molecule has 14 heteroatoms. The van der Waals surface area contributed by atoms with Gasteiger partial charge in [0.05, 0.1) is 32.0 Å². The average molecular weight is 1320 g/mol. The highest BCUT2D eigenvalue weighted by Gasteiger charge is 2.51. The zero-order valence-electron chi connectivity index (χ0n) is 59.5. The van der Waals surface area contributed by atoms with Crippen LogP contribution in [0.15, 0.2) is 60.8 Å². The lowest BCUT2D eigenvalue weighted by Crippen LogP contribution is -2.65. The lowest BCUT2D eigenvalue weighted by Gasteiger charge is -2.46. The first-order valence-electron chi connectivity index (χ1n) is 39.0. The van der Waals surface area contributed by atoms with E-state index in [4.69, 9.17) is 18.9 Å². The molecular weight excluding hydrogens is 1170 g/mol. The third-order valence-corrected chi connectivity index (χ3v) is 18.9. The third kappa shape index (κ3) is 46.6. The van der Waals surface area contributed by atoms with Gasteiger partial charge in [0.25, 0.3) is 0 Å². The van der Waals surface area contributed by atoms with E-state index in [1.54, 1.807) is 6.08 Å². The Morgan fingerprint density at radius 3 is 1.13 bits per heavy atom. The summed E-state index contributed by atoms with van der Waals surface area (Å²) in [6.07, 6.45) is 68.7. The second kappa shape index (κ2) is 63.2. The van der Waals surface area contributed by atoms with Crippen LogP contribution < -0.4 is 5.32 Å². The molecule has 12 atom stereocenters. The molecule has 2 heterocycles. The predicted molar refractivity (Wildman–Crippen MR) is 383 cm³/mol. The van der Waals surface area contributed by atoms with E-state index < -0.39 is 86.8 Å². The number of rotatable bonds is 65. The molecule has 2 aliphatic heterocycles. The number of hydrogen-bond donors (Lipinski definition) is 9. The molecule has 1 amide bonds. The van der Waals surface area contributed by atoms with Crippen molar-refractivity contribution in [2.75, 3.05) is 19.8 Å². The van der Waals surface area contributed by atoms with Crippen molar-refractivity contribution >= 4 is 5.91 Å². The van der Waals surface area contributed by atoms with Crippen LogP contribution in [0.1, 0.15) is 341 Å². The molecule has 544 valence electrons. The first-order chi connectivity index (χ1) is 45.6. The fraction of sp³-hybridized carbons (Fsp3) is 0.861. The van der Waals surface area contributed by atoms with Gasteiger partial charge in [-0.05, 0) is 70.6 Å². The van der Waals surface area contributed by atoms with Crippen molar-refractivity contribution in [3.8, 4) is 0 Å². The maximum atomic E-state index is 13.4. The van der Waals surface area contributed by atoms with Gasteiger partial charge in [-0.3, -0.25) is 4.79 Å². The molecule has 9 N–H and O–H groups in total. The van der Waals surface area contributed by atoms with E-state index in [1.807, 2.05) is 6.08 Å². The van der Waals surface area contributed by atoms with E-state index in [0.717, 1.165) is 44.9 Å². The van der Waals surface area contributed by atoms with Gasteiger partial charge in [0, 0.05) is 6.42 Å². The van der Waals surface area contributed by atoms with Crippen molar-refractivity contribution in [1.29, 1.82) is 0 Å². The fourth-order valence-corrected chi connectivity index (χ4v) is 12.7. The molecule has 0 spiro atoms. The molecule has 0 aromatic carbocycles. The number of aliphatic hydroxyl groups excluding tert-OH is 8. The van der Waals surface area contributed by atoms with Gasteiger partial charge in [-0.2, -0.15) is 0 Å². The van der Waals surface area contributed by atoms with E-state index in [1.165, 1.54) is 263 Å². The molecule has 2 saturated heterocycles. The Labute approximate surface area is 568 Å². The van der Waals surface area contributed by atoms with E-state index >= 15 is 0 Å². The van der Waals surface area contributed by atoms with Crippen LogP contribution in [0.25, 0.3) is 0 Å². The Kier molecular flexibility index (Phi) is 58.9. The van der Waals surface area contributed by atoms with Crippen LogP contribution in [-0.4, -0.2) is 140 Å². The largest absolute Gasteiger partial charge is 0.394 e. The number of carbonyl (C=O) groups excluding carboxylic acids is 1. The summed E-state index contributed by atoms with van der Waals surface area (Å²) in [6, 6.07) is -0.936. The minimum atomic E-state index is -1.79. The zero-order chi connectivity index (χ0) is 67.3. The smallest absolute Gasteiger partial charge is 0.220 e. The quantitative estimate of drug-likeness (QED) is 0.0204. The number of carbonyl (C=O) groups is 1. The van der Waals surface area contributed by atoms with Gasteiger partial charge < -0.3 is 65.1 Å². The summed E-state index contributed by atoms with van der Waals surface area (Å²) in [6.45, 7) is 2.82. The Morgan fingerprint density at radius 2 is 0.720 bits per heavy atom. The normalized spacial score (nSPS) is 22.9. The highest BCUT2D eigenvalue weighted by atomic mass is 16.7. The Morgan fingerprint density at radius 1 is 0.387 bits per heavy atom. The molecule has 0 aromatic heterocycles. The summed E-state index contributed by atoms with van der Waals surface area (Å²) in [4.78, 5) is 13.4. The molecule has 14 nitrogen and oxygen atoms in total. The lowest BCUT2D eigenvalue weighted by molar-refractivity contribution is -0.359. The minimum Gasteiger partial charge on any atom is -0.394 e. The number of aliphatic hydroxyl groups is 8. The van der Waals surface area contributed by atoms with Crippen LogP contribution in [0.5, 0.6) is 0 Å². The first-order valence-corrected chi connectivity index (χ1v) is 39.0. The van der Waals surface area contributed by atoms with Crippen LogP contribution in [0.3, 0.4) is 0 Å². The monoisotopic (exact) mass is 1320 g/mol. The zero-order valence-corrected chi connectivity index (χ0v) is 59.5. The molecule has 12 unspecified atom stereocenters. The number of hydrogen-bond acceptors (Lipinski definition) is 13. The van der Waals surface area contributed by atoms with E-state index in [-0.39, 0.29) is 18.9 Å². The van der Waals surface area contributed by atoms with Crippen molar-refractivity contribution in [3.05, 3.63) is 60.8 Å². The number of ether oxygens (including phenoxy) is 4. The molecule has 2 fully saturated rings. The third-order valence-electron chi connectivity index (χ3n) is 18.9. The highest BCUT2D eigenvalue weighted by Crippen LogP contribution is 2.30. The first kappa shape index (κ1) is 86.8. The predicted octanol–water partition coefficient (Wildman–Crippen LogP) is 17.2. The maximum Gasteiger partial charge on any atom is 0.220 e. The van der Waals surface area contributed by atoms with Crippen LogP contribution in [0.2, 0.25) is 0 Å². The van der Waals surface area contributed by atoms with E-state index in [0.29, 0.717) is 12.8 Å². The van der Waals surface area contributed by atoms with Gasteiger partial charge in [-0.1, -0.05) is 325 Å². The minimum absolute atomic E-state index is 0.246. The maximum absolute atomic E-state index is 13.4. The van der Waals surface area contributed by atoms with Gasteiger partial charge in [0.2, 0.25) is 5.91 Å². The molecule has 2 rings (SSSR count). The second-order valence-electron chi connectivity index (χ2n) is 27.5. The molecule has 0 aliphatic carbocycles. The summed E-state index contributed by atoms with van der Waals surface area (Å²) >= 11 is 0. The highest BCUT2D eigenvalue weighted by molar-refractivity contribution is 5.76. The van der Waals surface area contributed by atoms with Crippen LogP contribution in [0.4, 0.5) is 0 Å². The van der Waals surface area contributed by atoms with Crippen molar-refractivity contribution in [2.45, 2.75) is 415 Å². The number of unbranched alkanes of at least 4 members (excludes halogenated alkanes) is 44. The lowest BCUT2D eigenvalue weighted by atomic mass is 9.97. The summed E-state index contributed by atoms with van der Waals surface area (Å²) < 4.78 is 22.9. The summed E-state index contributed by atoms with van der Waals surface area (Å²) in [5.74, 6) is -0.246. The molecule has 0 saturated carbocycles. The van der Waals surface area contributed by atoms with Gasteiger partial charge in [0.15, 0.2) is 12.6 Å². The molecule has 0 radical (unpaired) electrons. The van der Waals surface area contributed by atoms with Crippen LogP contribution >= 0.6 is 0 Å². The molecular formula is C79H145NO13. The Bertz CT molecular complexity index is 1790. The van der Waals surface area contributed by atoms with Gasteiger partial charge >= 0.3 is 0 Å². The fourth-order valence-electron chi connectivity index (χ4n) is 12.7. The summed E-state index contributed by atoms with van der Waals surface area (Å²) in [5, 5.41) is 87.6. The van der Waals surface area contributed by atoms with Crippen LogP contribution in [-0.2, 0) is 23.7 Å². The number of allylic oxidation sites excluding steroid dienone is 9. The van der Waals surface area contributed by atoms with Crippen LogP contribution in [0, 0.1) is 0 Å². The Balaban J connectivity index is 1.65. The van der Waals surface area contributed by atoms with Crippen molar-refractivity contribution in [1.82, 2.24) is 5.32 Å². The number of nitrogens with one attached hydrogen (secondary N) is 1. The van der Waals surface area contributed by atoms with Crippen molar-refractivity contribution in [3.63, 3.8) is 0 Å². The van der Waals surface area contributed by atoms with Crippen molar-refractivity contribution in [2.24, 2.45) is 0 Å².